The Balaban J connectivity index is 1.28. The number of aromatic amines is 1. The Labute approximate surface area is 169 Å². The van der Waals surface area contributed by atoms with E-state index in [0.29, 0.717) is 42.2 Å². The second-order valence-electron chi connectivity index (χ2n) is 8.41. The number of fused-ring (bicyclic) bond motifs is 1. The number of likely N-dealkylation sites (N-methyl/N-ethyl adjacent to an activating group) is 1. The molecule has 1 N–H and O–H groups in total. The van der Waals surface area contributed by atoms with E-state index in [0.717, 1.165) is 32.4 Å². The van der Waals surface area contributed by atoms with Crippen molar-refractivity contribution in [3.05, 3.63) is 24.0 Å². The zero-order valence-electron chi connectivity index (χ0n) is 16.6. The van der Waals surface area contributed by atoms with Gasteiger partial charge in [-0.3, -0.25) is 4.79 Å². The van der Waals surface area contributed by atoms with Crippen molar-refractivity contribution in [1.82, 2.24) is 30.4 Å². The Morgan fingerprint density at radius 1 is 1.17 bits per heavy atom. The van der Waals surface area contributed by atoms with E-state index in [9.17, 15) is 9.18 Å². The number of anilines is 1. The molecule has 9 heteroatoms. The molecule has 0 aliphatic carbocycles. The Hall–Kier alpha value is -2.55. The van der Waals surface area contributed by atoms with E-state index in [1.54, 1.807) is 12.1 Å². The number of hydrogen-bond donors (Lipinski definition) is 1. The van der Waals surface area contributed by atoms with Gasteiger partial charge in [-0.1, -0.05) is 0 Å². The number of likely N-dealkylation sites (tertiary alicyclic amines) is 2. The number of hydrogen-bond acceptors (Lipinski definition) is 6. The number of carbonyl (C=O) groups excluding carboxylic acids is 1. The summed E-state index contributed by atoms with van der Waals surface area (Å²) in [6.07, 6.45) is 4.09. The molecule has 3 atom stereocenters. The van der Waals surface area contributed by atoms with Crippen molar-refractivity contribution in [2.45, 2.75) is 37.8 Å². The average Bonchev–Trinajstić information content (AvgIpc) is 3.49. The summed E-state index contributed by atoms with van der Waals surface area (Å²) in [6, 6.07) is 5.82. The summed E-state index contributed by atoms with van der Waals surface area (Å²) >= 11 is 0. The van der Waals surface area contributed by atoms with Crippen LogP contribution in [0.15, 0.2) is 18.2 Å². The molecule has 1 amide bonds. The summed E-state index contributed by atoms with van der Waals surface area (Å²) in [5.41, 5.74) is 1.11. The van der Waals surface area contributed by atoms with Gasteiger partial charge in [0, 0.05) is 43.8 Å². The summed E-state index contributed by atoms with van der Waals surface area (Å²) in [7, 11) is 2.16. The minimum Gasteiger partial charge on any atom is -0.368 e. The molecule has 8 nitrogen and oxygen atoms in total. The molecule has 0 radical (unpaired) electrons. The van der Waals surface area contributed by atoms with Crippen LogP contribution >= 0.6 is 0 Å². The standard InChI is InChI=1S/C20H26FN7O/c1-26-9-7-18-17(26)3-2-8-28(18)20(29)14-6-10-27(12-14)16-5-4-13(11-15(16)21)19-22-24-25-23-19/h4-5,11,14,17-18H,2-3,6-10,12H2,1H3,(H,22,23,24,25)/t14?,17-,18-/m1/s1. The summed E-state index contributed by atoms with van der Waals surface area (Å²) in [5, 5.41) is 13.7. The molecule has 1 aromatic heterocycles. The molecule has 29 heavy (non-hydrogen) atoms. The fourth-order valence-corrected chi connectivity index (χ4v) is 5.28. The van der Waals surface area contributed by atoms with Gasteiger partial charge in [0.05, 0.1) is 11.6 Å². The molecule has 0 bridgehead atoms. The third-order valence-corrected chi connectivity index (χ3v) is 6.80. The van der Waals surface area contributed by atoms with Gasteiger partial charge in [-0.2, -0.15) is 5.21 Å². The Bertz CT molecular complexity index is 889. The van der Waals surface area contributed by atoms with Gasteiger partial charge >= 0.3 is 0 Å². The number of H-pyrrole nitrogens is 1. The van der Waals surface area contributed by atoms with Crippen molar-refractivity contribution in [2.75, 3.05) is 38.1 Å². The molecule has 3 aliphatic heterocycles. The predicted molar refractivity (Wildman–Crippen MR) is 106 cm³/mol. The molecule has 3 saturated heterocycles. The summed E-state index contributed by atoms with van der Waals surface area (Å²) in [6.45, 7) is 3.18. The zero-order valence-corrected chi connectivity index (χ0v) is 16.6. The van der Waals surface area contributed by atoms with Crippen LogP contribution in [0.1, 0.15) is 25.7 Å². The summed E-state index contributed by atoms with van der Waals surface area (Å²) in [4.78, 5) is 19.8. The van der Waals surface area contributed by atoms with Crippen LogP contribution in [-0.4, -0.2) is 81.6 Å². The minimum atomic E-state index is -0.323. The number of piperidine rings is 1. The van der Waals surface area contributed by atoms with Crippen molar-refractivity contribution in [2.24, 2.45) is 5.92 Å². The van der Waals surface area contributed by atoms with Crippen molar-refractivity contribution >= 4 is 11.6 Å². The molecule has 3 fully saturated rings. The van der Waals surface area contributed by atoms with Crippen LogP contribution in [0.25, 0.3) is 11.4 Å². The number of benzene rings is 1. The van der Waals surface area contributed by atoms with Crippen LogP contribution in [0.2, 0.25) is 0 Å². The third-order valence-electron chi connectivity index (χ3n) is 6.80. The third kappa shape index (κ3) is 3.27. The van der Waals surface area contributed by atoms with Crippen LogP contribution in [0, 0.1) is 11.7 Å². The topological polar surface area (TPSA) is 81.2 Å². The van der Waals surface area contributed by atoms with E-state index in [1.807, 2.05) is 4.90 Å². The monoisotopic (exact) mass is 399 g/mol. The number of rotatable bonds is 3. The van der Waals surface area contributed by atoms with Crippen molar-refractivity contribution in [3.8, 4) is 11.4 Å². The number of nitrogens with one attached hydrogen (secondary N) is 1. The largest absolute Gasteiger partial charge is 0.368 e. The van der Waals surface area contributed by atoms with E-state index in [-0.39, 0.29) is 17.6 Å². The maximum absolute atomic E-state index is 14.8. The van der Waals surface area contributed by atoms with Crippen LogP contribution in [0.3, 0.4) is 0 Å². The van der Waals surface area contributed by atoms with Crippen LogP contribution in [0.4, 0.5) is 10.1 Å². The SMILES string of the molecule is CN1CC[C@@H]2[C@H]1CCCN2C(=O)C1CCN(c2ccc(-c3nn[nH]n3)cc2F)C1. The first kappa shape index (κ1) is 18.5. The molecule has 2 aromatic rings. The number of tetrazole rings is 1. The highest BCUT2D eigenvalue weighted by Gasteiger charge is 2.43. The van der Waals surface area contributed by atoms with Gasteiger partial charge in [0.15, 0.2) is 0 Å². The van der Waals surface area contributed by atoms with Gasteiger partial charge in [0.1, 0.15) is 5.82 Å². The van der Waals surface area contributed by atoms with Gasteiger partial charge < -0.3 is 14.7 Å². The molecule has 0 saturated carbocycles. The molecular weight excluding hydrogens is 373 g/mol. The van der Waals surface area contributed by atoms with E-state index < -0.39 is 0 Å². The summed E-state index contributed by atoms with van der Waals surface area (Å²) in [5.74, 6) is 0.235. The first-order chi connectivity index (χ1) is 14.1. The first-order valence-corrected chi connectivity index (χ1v) is 10.4. The Morgan fingerprint density at radius 3 is 2.86 bits per heavy atom. The first-order valence-electron chi connectivity index (χ1n) is 10.4. The molecule has 154 valence electrons. The number of aromatic nitrogens is 4. The minimum absolute atomic E-state index is 0.0593. The lowest BCUT2D eigenvalue weighted by atomic mass is 9.94. The van der Waals surface area contributed by atoms with Crippen molar-refractivity contribution < 1.29 is 9.18 Å². The van der Waals surface area contributed by atoms with Gasteiger partial charge in [0.2, 0.25) is 11.7 Å². The van der Waals surface area contributed by atoms with Gasteiger partial charge in [-0.05, 0) is 56.1 Å². The molecule has 0 spiro atoms. The lowest BCUT2D eigenvalue weighted by molar-refractivity contribution is -0.139. The molecule has 3 aliphatic rings. The summed E-state index contributed by atoms with van der Waals surface area (Å²) < 4.78 is 14.8. The molecule has 4 heterocycles. The molecule has 5 rings (SSSR count). The molecular formula is C20H26FN7O. The second-order valence-corrected chi connectivity index (χ2v) is 8.41. The lowest BCUT2D eigenvalue weighted by Crippen LogP contribution is -2.53. The highest BCUT2D eigenvalue weighted by Crippen LogP contribution is 2.34. The number of halogens is 1. The Morgan fingerprint density at radius 2 is 2.07 bits per heavy atom. The second kappa shape index (κ2) is 7.37. The fraction of sp³-hybridized carbons (Fsp3) is 0.600. The average molecular weight is 399 g/mol. The highest BCUT2D eigenvalue weighted by molar-refractivity contribution is 5.81. The van der Waals surface area contributed by atoms with E-state index in [2.05, 4.69) is 37.5 Å². The lowest BCUT2D eigenvalue weighted by Gasteiger charge is -2.40. The highest BCUT2D eigenvalue weighted by atomic mass is 19.1. The van der Waals surface area contributed by atoms with E-state index in [4.69, 9.17) is 0 Å². The predicted octanol–water partition coefficient (Wildman–Crippen LogP) is 1.53. The number of nitrogens with zero attached hydrogens (tertiary/aromatic N) is 6. The normalized spacial score (nSPS) is 27.4. The van der Waals surface area contributed by atoms with Crippen molar-refractivity contribution in [3.63, 3.8) is 0 Å². The van der Waals surface area contributed by atoms with E-state index in [1.165, 1.54) is 12.5 Å². The number of amides is 1. The van der Waals surface area contributed by atoms with Crippen LogP contribution < -0.4 is 4.90 Å². The quantitative estimate of drug-likeness (QED) is 0.843. The van der Waals surface area contributed by atoms with E-state index >= 15 is 0 Å². The molecule has 1 unspecified atom stereocenters. The zero-order chi connectivity index (χ0) is 20.0. The van der Waals surface area contributed by atoms with Gasteiger partial charge in [0.25, 0.3) is 0 Å². The number of carbonyl (C=O) groups is 1. The van der Waals surface area contributed by atoms with Crippen LogP contribution in [0.5, 0.6) is 0 Å². The van der Waals surface area contributed by atoms with Gasteiger partial charge in [-0.25, -0.2) is 4.39 Å². The van der Waals surface area contributed by atoms with Crippen molar-refractivity contribution in [1.29, 1.82) is 0 Å². The fourth-order valence-electron chi connectivity index (χ4n) is 5.28. The maximum Gasteiger partial charge on any atom is 0.227 e. The smallest absolute Gasteiger partial charge is 0.227 e. The van der Waals surface area contributed by atoms with Gasteiger partial charge in [-0.15, -0.1) is 10.2 Å². The van der Waals surface area contributed by atoms with Crippen LogP contribution in [-0.2, 0) is 4.79 Å². The maximum atomic E-state index is 14.8. The Kier molecular flexibility index (Phi) is 4.69. The molecule has 1 aromatic carbocycles.